The van der Waals surface area contributed by atoms with Crippen molar-refractivity contribution in [2.75, 3.05) is 26.2 Å². The van der Waals surface area contributed by atoms with E-state index in [1.54, 1.807) is 0 Å². The molecule has 1 aliphatic heterocycles. The van der Waals surface area contributed by atoms with Crippen LogP contribution in [0.25, 0.3) is 10.9 Å². The Kier molecular flexibility index (Phi) is 7.63. The van der Waals surface area contributed by atoms with Gasteiger partial charge < -0.3 is 19.9 Å². The van der Waals surface area contributed by atoms with Gasteiger partial charge in [-0.2, -0.15) is 0 Å². The van der Waals surface area contributed by atoms with Crippen molar-refractivity contribution >= 4 is 16.9 Å². The Morgan fingerprint density at radius 1 is 1.08 bits per heavy atom. The second kappa shape index (κ2) is 11.1. The van der Waals surface area contributed by atoms with Crippen LogP contribution in [0.15, 0.2) is 48.5 Å². The molecule has 2 aromatic carbocycles. The van der Waals surface area contributed by atoms with E-state index in [0.717, 1.165) is 45.4 Å². The maximum Gasteiger partial charge on any atom is 0.317 e. The lowest BCUT2D eigenvalue weighted by atomic mass is 9.73. The molecule has 1 fully saturated rings. The van der Waals surface area contributed by atoms with Crippen LogP contribution in [0.5, 0.6) is 0 Å². The van der Waals surface area contributed by atoms with Gasteiger partial charge in [0.1, 0.15) is 0 Å². The van der Waals surface area contributed by atoms with Crippen LogP contribution in [0.3, 0.4) is 0 Å². The molecule has 36 heavy (non-hydrogen) atoms. The molecule has 0 unspecified atom stereocenters. The summed E-state index contributed by atoms with van der Waals surface area (Å²) in [5.74, 6) is 0.414. The van der Waals surface area contributed by atoms with Crippen LogP contribution in [-0.2, 0) is 24.4 Å². The summed E-state index contributed by atoms with van der Waals surface area (Å²) in [4.78, 5) is 21.1. The standard InChI is InChI=1S/C30H40N4O2/c1-4-15-34-18-22(31-30(35)33(5-2)6-3)16-24-23-13-10-14-26-29(23)25(17-28(24)34)27(32-26)20-36-19-21-11-8-7-9-12-21/h7-14,22,24,28,32H,4-6,15-20H2,1-3H3,(H,31,35)/t22-,24+,28+/m0/s1. The van der Waals surface area contributed by atoms with Crippen LogP contribution in [0.1, 0.15) is 61.9 Å². The normalized spacial score (nSPS) is 21.4. The molecule has 0 spiro atoms. The van der Waals surface area contributed by atoms with Gasteiger partial charge in [-0.05, 0) is 62.4 Å². The molecule has 6 nitrogen and oxygen atoms in total. The van der Waals surface area contributed by atoms with E-state index in [-0.39, 0.29) is 12.1 Å². The molecule has 2 N–H and O–H groups in total. The molecule has 0 saturated carbocycles. The Morgan fingerprint density at radius 2 is 1.89 bits per heavy atom. The van der Waals surface area contributed by atoms with Crippen molar-refractivity contribution in [1.29, 1.82) is 0 Å². The second-order valence-electron chi connectivity index (χ2n) is 10.3. The highest BCUT2D eigenvalue weighted by Crippen LogP contribution is 2.44. The summed E-state index contributed by atoms with van der Waals surface area (Å²) < 4.78 is 6.16. The third kappa shape index (κ3) is 4.89. The van der Waals surface area contributed by atoms with Crippen molar-refractivity contribution in [1.82, 2.24) is 20.1 Å². The lowest BCUT2D eigenvalue weighted by molar-refractivity contribution is 0.0935. The summed E-state index contributed by atoms with van der Waals surface area (Å²) in [5, 5.41) is 4.74. The number of H-pyrrole nitrogens is 1. The Labute approximate surface area is 215 Å². The van der Waals surface area contributed by atoms with E-state index in [1.165, 1.54) is 33.3 Å². The van der Waals surface area contributed by atoms with Gasteiger partial charge in [0.05, 0.1) is 13.2 Å². The molecule has 0 bridgehead atoms. The molecule has 2 aliphatic rings. The number of urea groups is 1. The Hall–Kier alpha value is -2.83. The predicted octanol–water partition coefficient (Wildman–Crippen LogP) is 5.43. The van der Waals surface area contributed by atoms with Gasteiger partial charge in [0.2, 0.25) is 0 Å². The van der Waals surface area contributed by atoms with Crippen LogP contribution < -0.4 is 5.32 Å². The number of amides is 2. The van der Waals surface area contributed by atoms with Crippen molar-refractivity contribution in [3.8, 4) is 0 Å². The number of nitrogens with zero attached hydrogens (tertiary/aromatic N) is 2. The zero-order valence-corrected chi connectivity index (χ0v) is 21.9. The fraction of sp³-hybridized carbons (Fsp3) is 0.500. The number of rotatable bonds is 9. The first-order chi connectivity index (χ1) is 17.6. The average Bonchev–Trinajstić information content (AvgIpc) is 3.24. The number of nitrogens with one attached hydrogen (secondary N) is 2. The number of piperidine rings is 1. The Bertz CT molecular complexity index is 1170. The van der Waals surface area contributed by atoms with Crippen molar-refractivity contribution in [3.05, 3.63) is 70.9 Å². The minimum absolute atomic E-state index is 0.0640. The quantitative estimate of drug-likeness (QED) is 0.422. The number of likely N-dealkylation sites (tertiary alicyclic amines) is 1. The van der Waals surface area contributed by atoms with Gasteiger partial charge in [-0.1, -0.05) is 49.4 Å². The van der Waals surface area contributed by atoms with Crippen molar-refractivity contribution in [2.45, 2.75) is 71.2 Å². The number of benzene rings is 2. The highest BCUT2D eigenvalue weighted by atomic mass is 16.5. The Balaban J connectivity index is 1.40. The van der Waals surface area contributed by atoms with E-state index in [1.807, 2.05) is 24.8 Å². The van der Waals surface area contributed by atoms with Gasteiger partial charge in [-0.3, -0.25) is 4.90 Å². The summed E-state index contributed by atoms with van der Waals surface area (Å²) in [6.07, 6.45) is 3.13. The molecule has 6 heteroatoms. The first kappa shape index (κ1) is 24.8. The average molecular weight is 489 g/mol. The molecule has 1 aliphatic carbocycles. The molecule has 2 heterocycles. The maximum absolute atomic E-state index is 12.9. The van der Waals surface area contributed by atoms with Gasteiger partial charge in [-0.15, -0.1) is 0 Å². The van der Waals surface area contributed by atoms with E-state index in [2.05, 4.69) is 64.6 Å². The van der Waals surface area contributed by atoms with Gasteiger partial charge in [0, 0.05) is 54.2 Å². The number of carbonyl (C=O) groups is 1. The molecule has 5 rings (SSSR count). The van der Waals surface area contributed by atoms with Gasteiger partial charge in [0.15, 0.2) is 0 Å². The van der Waals surface area contributed by atoms with Crippen molar-refractivity contribution in [2.24, 2.45) is 0 Å². The summed E-state index contributed by atoms with van der Waals surface area (Å²) in [7, 11) is 0. The smallest absolute Gasteiger partial charge is 0.317 e. The van der Waals surface area contributed by atoms with E-state index < -0.39 is 0 Å². The largest absolute Gasteiger partial charge is 0.371 e. The van der Waals surface area contributed by atoms with Crippen molar-refractivity contribution in [3.63, 3.8) is 0 Å². The van der Waals surface area contributed by atoms with E-state index in [4.69, 9.17) is 4.74 Å². The number of hydrogen-bond acceptors (Lipinski definition) is 3. The number of ether oxygens (including phenoxy) is 1. The molecular formula is C30H40N4O2. The molecular weight excluding hydrogens is 448 g/mol. The number of fused-ring (bicyclic) bond motifs is 2. The first-order valence-corrected chi connectivity index (χ1v) is 13.7. The summed E-state index contributed by atoms with van der Waals surface area (Å²) in [6.45, 7) is 11.0. The lowest BCUT2D eigenvalue weighted by Gasteiger charge is -2.47. The van der Waals surface area contributed by atoms with Gasteiger partial charge in [0.25, 0.3) is 0 Å². The SMILES string of the molecule is CCCN1C[C@@H](NC(=O)N(CC)CC)C[C@@H]2c3cccc4[nH]c(COCc5ccccc5)c(c34)C[C@H]21. The van der Waals surface area contributed by atoms with E-state index in [9.17, 15) is 4.79 Å². The zero-order chi connectivity index (χ0) is 25.1. The monoisotopic (exact) mass is 488 g/mol. The van der Waals surface area contributed by atoms with Crippen LogP contribution in [-0.4, -0.2) is 59.1 Å². The van der Waals surface area contributed by atoms with Crippen LogP contribution in [0.4, 0.5) is 4.79 Å². The molecule has 3 atom stereocenters. The highest BCUT2D eigenvalue weighted by Gasteiger charge is 2.41. The third-order valence-electron chi connectivity index (χ3n) is 8.03. The molecule has 1 saturated heterocycles. The molecule has 3 aromatic rings. The maximum atomic E-state index is 12.9. The van der Waals surface area contributed by atoms with Crippen LogP contribution in [0.2, 0.25) is 0 Å². The minimum Gasteiger partial charge on any atom is -0.371 e. The molecule has 2 amide bonds. The van der Waals surface area contributed by atoms with E-state index >= 15 is 0 Å². The third-order valence-corrected chi connectivity index (χ3v) is 8.03. The highest BCUT2D eigenvalue weighted by molar-refractivity contribution is 5.89. The van der Waals surface area contributed by atoms with Gasteiger partial charge in [-0.25, -0.2) is 4.79 Å². The number of aromatic nitrogens is 1. The number of aromatic amines is 1. The molecule has 192 valence electrons. The summed E-state index contributed by atoms with van der Waals surface area (Å²) in [5.41, 5.74) is 6.45. The fourth-order valence-corrected chi connectivity index (χ4v) is 6.35. The second-order valence-corrected chi connectivity index (χ2v) is 10.3. The van der Waals surface area contributed by atoms with Crippen molar-refractivity contribution < 1.29 is 9.53 Å². The lowest BCUT2D eigenvalue weighted by Crippen LogP contribution is -2.58. The van der Waals surface area contributed by atoms with Crippen LogP contribution >= 0.6 is 0 Å². The van der Waals surface area contributed by atoms with E-state index in [0.29, 0.717) is 25.2 Å². The first-order valence-electron chi connectivity index (χ1n) is 13.7. The molecule has 1 aromatic heterocycles. The number of carbonyl (C=O) groups excluding carboxylic acids is 1. The van der Waals surface area contributed by atoms with Crippen LogP contribution in [0, 0.1) is 0 Å². The predicted molar refractivity (Wildman–Crippen MR) is 145 cm³/mol. The molecule has 0 radical (unpaired) electrons. The Morgan fingerprint density at radius 3 is 2.64 bits per heavy atom. The van der Waals surface area contributed by atoms with Gasteiger partial charge >= 0.3 is 6.03 Å². The zero-order valence-electron chi connectivity index (χ0n) is 21.9. The number of hydrogen-bond donors (Lipinski definition) is 2. The fourth-order valence-electron chi connectivity index (χ4n) is 6.35. The topological polar surface area (TPSA) is 60.6 Å². The summed E-state index contributed by atoms with van der Waals surface area (Å²) in [6, 6.07) is 17.7. The minimum atomic E-state index is 0.0640. The summed E-state index contributed by atoms with van der Waals surface area (Å²) >= 11 is 0.